The van der Waals surface area contributed by atoms with E-state index in [1.807, 2.05) is 0 Å². The van der Waals surface area contributed by atoms with E-state index < -0.39 is 0 Å². The topological polar surface area (TPSA) is 3.24 Å². The lowest BCUT2D eigenvalue weighted by molar-refractivity contribution is 0.795. The summed E-state index contributed by atoms with van der Waals surface area (Å²) in [6.07, 6.45) is 2.94. The molecule has 0 amide bonds. The highest BCUT2D eigenvalue weighted by Gasteiger charge is 2.44. The molecular formula is C22H19B2Cl2N. The molecule has 0 fully saturated rings. The van der Waals surface area contributed by atoms with Crippen molar-refractivity contribution in [2.24, 2.45) is 0 Å². The Labute approximate surface area is 171 Å². The fraction of sp³-hybridized carbons (Fsp3) is 0.182. The molecule has 2 aliphatic heterocycles. The summed E-state index contributed by atoms with van der Waals surface area (Å²) < 4.78 is 2.18. The van der Waals surface area contributed by atoms with E-state index in [0.717, 1.165) is 17.3 Å². The summed E-state index contributed by atoms with van der Waals surface area (Å²) in [7, 11) is 0. The Kier molecular flexibility index (Phi) is 4.26. The number of anilines is 1. The minimum absolute atomic E-state index is 0.273. The minimum atomic E-state index is -0.273. The first-order valence-corrected chi connectivity index (χ1v) is 10.5. The standard InChI is InChI=1S/C22H19B2Cl2N/c1-2-3-8-15-13-18-16-9-4-6-11-20(16)23(25)27-22(18)19(14-15)17-10-5-7-12-21(17)24(27)26/h4-7,9-14H,2-3,8H2,1H3. The van der Waals surface area contributed by atoms with E-state index in [4.69, 9.17) is 22.9 Å². The molecule has 3 aromatic carbocycles. The lowest BCUT2D eigenvalue weighted by Crippen LogP contribution is -2.59. The van der Waals surface area contributed by atoms with Crippen molar-refractivity contribution in [3.63, 3.8) is 0 Å². The van der Waals surface area contributed by atoms with Crippen molar-refractivity contribution in [2.45, 2.75) is 26.2 Å². The molecule has 0 aliphatic carbocycles. The van der Waals surface area contributed by atoms with Gasteiger partial charge in [-0.25, -0.2) is 0 Å². The summed E-state index contributed by atoms with van der Waals surface area (Å²) in [6, 6.07) is 21.6. The molecule has 0 spiro atoms. The first kappa shape index (κ1) is 17.3. The summed E-state index contributed by atoms with van der Waals surface area (Å²) in [5.41, 5.74) is 9.80. The van der Waals surface area contributed by atoms with E-state index in [1.54, 1.807) is 0 Å². The molecule has 2 aliphatic rings. The molecule has 5 rings (SSSR count). The first-order chi connectivity index (χ1) is 13.2. The van der Waals surface area contributed by atoms with Crippen LogP contribution in [0, 0.1) is 0 Å². The van der Waals surface area contributed by atoms with Crippen LogP contribution in [0.5, 0.6) is 0 Å². The minimum Gasteiger partial charge on any atom is -0.425 e. The van der Waals surface area contributed by atoms with Crippen LogP contribution in [-0.4, -0.2) is 12.5 Å². The SMILES string of the molecule is CCCCc1cc2c3c(c1)-c1ccccc1B(Cl)N3B(Cl)c1ccccc1-2. The second kappa shape index (κ2) is 6.65. The van der Waals surface area contributed by atoms with Gasteiger partial charge in [-0.05, 0) is 52.6 Å². The number of rotatable bonds is 3. The number of nitrogens with zero attached hydrogens (tertiary/aromatic N) is 1. The number of aryl methyl sites for hydroxylation is 1. The molecule has 0 N–H and O–H groups in total. The van der Waals surface area contributed by atoms with Crippen LogP contribution in [0.2, 0.25) is 0 Å². The zero-order valence-corrected chi connectivity index (χ0v) is 16.8. The van der Waals surface area contributed by atoms with Crippen molar-refractivity contribution in [2.75, 3.05) is 4.72 Å². The molecule has 2 heterocycles. The molecule has 5 heteroatoms. The van der Waals surface area contributed by atoms with Crippen molar-refractivity contribution in [1.29, 1.82) is 0 Å². The Hall–Kier alpha value is -1.83. The van der Waals surface area contributed by atoms with Gasteiger partial charge in [-0.3, -0.25) is 0 Å². The summed E-state index contributed by atoms with van der Waals surface area (Å²) in [4.78, 5) is 0. The maximum atomic E-state index is 6.97. The Morgan fingerprint density at radius 1 is 0.778 bits per heavy atom. The average molecular weight is 390 g/mol. The van der Waals surface area contributed by atoms with Crippen molar-refractivity contribution in [3.05, 3.63) is 66.2 Å². The van der Waals surface area contributed by atoms with Crippen molar-refractivity contribution >= 4 is 52.1 Å². The quantitative estimate of drug-likeness (QED) is 0.565. The van der Waals surface area contributed by atoms with Gasteiger partial charge in [0.25, 0.3) is 0 Å². The van der Waals surface area contributed by atoms with Crippen LogP contribution in [0.4, 0.5) is 5.69 Å². The molecule has 0 radical (unpaired) electrons. The Morgan fingerprint density at radius 3 is 1.81 bits per heavy atom. The highest BCUT2D eigenvalue weighted by atomic mass is 35.5. The fourth-order valence-electron chi connectivity index (χ4n) is 4.45. The molecule has 0 unspecified atom stereocenters. The van der Waals surface area contributed by atoms with Crippen LogP contribution in [0.15, 0.2) is 60.7 Å². The maximum absolute atomic E-state index is 6.97. The van der Waals surface area contributed by atoms with Crippen LogP contribution < -0.4 is 15.6 Å². The highest BCUT2D eigenvalue weighted by Crippen LogP contribution is 2.46. The van der Waals surface area contributed by atoms with Crippen LogP contribution in [0.1, 0.15) is 25.3 Å². The zero-order valence-electron chi connectivity index (χ0n) is 15.3. The van der Waals surface area contributed by atoms with Gasteiger partial charge in [0.1, 0.15) is 0 Å². The molecular weight excluding hydrogens is 371 g/mol. The van der Waals surface area contributed by atoms with Crippen LogP contribution in [-0.2, 0) is 6.42 Å². The molecule has 1 nitrogen and oxygen atoms in total. The van der Waals surface area contributed by atoms with Gasteiger partial charge in [-0.15, -0.1) is 0 Å². The van der Waals surface area contributed by atoms with Crippen LogP contribution >= 0.6 is 22.9 Å². The van der Waals surface area contributed by atoms with E-state index in [0.29, 0.717) is 0 Å². The highest BCUT2D eigenvalue weighted by molar-refractivity contribution is 7.30. The maximum Gasteiger partial charge on any atom is 0.384 e. The van der Waals surface area contributed by atoms with Crippen molar-refractivity contribution in [3.8, 4) is 22.3 Å². The largest absolute Gasteiger partial charge is 0.425 e. The van der Waals surface area contributed by atoms with Crippen LogP contribution in [0.3, 0.4) is 0 Å². The molecule has 0 saturated carbocycles. The predicted molar refractivity (Wildman–Crippen MR) is 121 cm³/mol. The fourth-order valence-corrected chi connectivity index (χ4v) is 5.31. The molecule has 3 aromatic rings. The lowest BCUT2D eigenvalue weighted by atomic mass is 9.57. The van der Waals surface area contributed by atoms with E-state index in [-0.39, 0.29) is 12.5 Å². The van der Waals surface area contributed by atoms with Crippen LogP contribution in [0.25, 0.3) is 22.3 Å². The summed E-state index contributed by atoms with van der Waals surface area (Å²) in [5.74, 6) is 0. The number of fused-ring (bicyclic) bond motifs is 4. The van der Waals surface area contributed by atoms with Gasteiger partial charge in [-0.2, -0.15) is 22.9 Å². The van der Waals surface area contributed by atoms with Gasteiger partial charge in [0.15, 0.2) is 0 Å². The average Bonchev–Trinajstić information content (AvgIpc) is 2.71. The van der Waals surface area contributed by atoms with Crippen molar-refractivity contribution in [1.82, 2.24) is 0 Å². The molecule has 132 valence electrons. The molecule has 27 heavy (non-hydrogen) atoms. The summed E-state index contributed by atoms with van der Waals surface area (Å²) in [6.45, 7) is 2.24. The van der Waals surface area contributed by atoms with Gasteiger partial charge in [0.05, 0.1) is 0 Å². The van der Waals surface area contributed by atoms with E-state index in [1.165, 1.54) is 46.3 Å². The third kappa shape index (κ3) is 2.56. The van der Waals surface area contributed by atoms with Gasteiger partial charge in [-0.1, -0.05) is 61.9 Å². The zero-order chi connectivity index (χ0) is 18.5. The number of unbranched alkanes of at least 4 members (excludes halogenated alkanes) is 1. The van der Waals surface area contributed by atoms with Crippen molar-refractivity contribution < 1.29 is 0 Å². The molecule has 0 aromatic heterocycles. The van der Waals surface area contributed by atoms with E-state index >= 15 is 0 Å². The first-order valence-electron chi connectivity index (χ1n) is 9.62. The Balaban J connectivity index is 1.84. The summed E-state index contributed by atoms with van der Waals surface area (Å²) in [5, 5.41) is 0. The monoisotopic (exact) mass is 389 g/mol. The Bertz CT molecular complexity index is 962. The number of halogens is 2. The molecule has 0 bridgehead atoms. The Morgan fingerprint density at radius 2 is 1.30 bits per heavy atom. The number of hydrogen-bond acceptors (Lipinski definition) is 1. The van der Waals surface area contributed by atoms with Gasteiger partial charge < -0.3 is 4.72 Å². The molecule has 0 saturated heterocycles. The van der Waals surface area contributed by atoms with E-state index in [2.05, 4.69) is 72.3 Å². The van der Waals surface area contributed by atoms with Gasteiger partial charge >= 0.3 is 12.5 Å². The second-order valence-electron chi connectivity index (χ2n) is 7.40. The number of hydrogen-bond donors (Lipinski definition) is 0. The summed E-state index contributed by atoms with van der Waals surface area (Å²) >= 11 is 13.9. The molecule has 0 atom stereocenters. The van der Waals surface area contributed by atoms with E-state index in [9.17, 15) is 0 Å². The number of benzene rings is 3. The van der Waals surface area contributed by atoms with Gasteiger partial charge in [0, 0.05) is 16.8 Å². The third-order valence-electron chi connectivity index (χ3n) is 5.75. The third-order valence-corrected chi connectivity index (χ3v) is 6.64. The second-order valence-corrected chi connectivity index (χ2v) is 8.22. The normalized spacial score (nSPS) is 14.0. The predicted octanol–water partition coefficient (Wildman–Crippen LogP) is 5.06. The van der Waals surface area contributed by atoms with Gasteiger partial charge in [0.2, 0.25) is 0 Å². The smallest absolute Gasteiger partial charge is 0.384 e. The lowest BCUT2D eigenvalue weighted by Gasteiger charge is -2.43.